The van der Waals surface area contributed by atoms with Crippen LogP contribution in [0, 0.1) is 12.8 Å². The topological polar surface area (TPSA) is 77.2 Å². The number of aliphatic carboxylic acids is 1. The van der Waals surface area contributed by atoms with Crippen LogP contribution < -0.4 is 4.74 Å². The highest BCUT2D eigenvalue weighted by molar-refractivity contribution is 9.10. The van der Waals surface area contributed by atoms with Gasteiger partial charge in [0.25, 0.3) is 0 Å². The number of aryl methyl sites for hydroxylation is 1. The zero-order valence-electron chi connectivity index (χ0n) is 20.0. The molecule has 2 heterocycles. The number of carboxylic acid groups (broad SMARTS) is 1. The van der Waals surface area contributed by atoms with Gasteiger partial charge in [-0.1, -0.05) is 58.6 Å². The smallest absolute Gasteiger partial charge is 0.307 e. The molecule has 0 radical (unpaired) electrons. The molecule has 0 saturated heterocycles. The van der Waals surface area contributed by atoms with Crippen molar-refractivity contribution >= 4 is 44.5 Å². The number of benzene rings is 2. The van der Waals surface area contributed by atoms with E-state index < -0.39 is 11.9 Å². The molecule has 4 aromatic rings. The van der Waals surface area contributed by atoms with E-state index in [0.29, 0.717) is 35.9 Å². The number of carbonyl (C=O) groups is 1. The molecule has 0 bridgehead atoms. The molecule has 1 N–H and O–H groups in total. The number of pyridine rings is 1. The second-order valence-corrected chi connectivity index (χ2v) is 10.7. The van der Waals surface area contributed by atoms with Gasteiger partial charge in [0.05, 0.1) is 22.2 Å². The Bertz CT molecular complexity index is 1390. The van der Waals surface area contributed by atoms with Gasteiger partial charge in [-0.05, 0) is 49.1 Å². The Hall–Kier alpha value is -2.90. The van der Waals surface area contributed by atoms with E-state index in [2.05, 4.69) is 37.6 Å². The third-order valence-electron chi connectivity index (χ3n) is 6.84. The van der Waals surface area contributed by atoms with Gasteiger partial charge in [0.1, 0.15) is 23.7 Å². The SMILES string of the molecule is Cc1ccc(COc2cc(Cl)c3nc([C@H]4CCCCC4C(=O)O)n(Cc4ccc(Br)cc4)c3c2)nc1. The van der Waals surface area contributed by atoms with E-state index in [0.717, 1.165) is 51.9 Å². The van der Waals surface area contributed by atoms with Gasteiger partial charge in [-0.25, -0.2) is 4.98 Å². The van der Waals surface area contributed by atoms with Crippen LogP contribution in [0.5, 0.6) is 5.75 Å². The van der Waals surface area contributed by atoms with E-state index >= 15 is 0 Å². The lowest BCUT2D eigenvalue weighted by Crippen LogP contribution is -2.27. The molecule has 36 heavy (non-hydrogen) atoms. The largest absolute Gasteiger partial charge is 0.487 e. The normalized spacial score (nSPS) is 17.9. The molecule has 2 atom stereocenters. The van der Waals surface area contributed by atoms with E-state index in [-0.39, 0.29) is 5.92 Å². The quantitative estimate of drug-likeness (QED) is 0.256. The fourth-order valence-corrected chi connectivity index (χ4v) is 5.47. The predicted molar refractivity (Wildman–Crippen MR) is 144 cm³/mol. The highest BCUT2D eigenvalue weighted by atomic mass is 79.9. The Balaban J connectivity index is 1.57. The molecule has 1 fully saturated rings. The average Bonchev–Trinajstić information content (AvgIpc) is 3.23. The Kier molecular flexibility index (Phi) is 7.30. The maximum Gasteiger partial charge on any atom is 0.307 e. The molecule has 1 aliphatic rings. The first-order chi connectivity index (χ1) is 17.4. The summed E-state index contributed by atoms with van der Waals surface area (Å²) in [5.41, 5.74) is 4.51. The lowest BCUT2D eigenvalue weighted by molar-refractivity contribution is -0.143. The zero-order chi connectivity index (χ0) is 25.2. The summed E-state index contributed by atoms with van der Waals surface area (Å²) >= 11 is 10.2. The standard InChI is InChI=1S/C28H27BrClN3O3/c1-17-6-11-20(31-14-17)16-36-21-12-24(30)26-25(13-21)33(15-18-7-9-19(29)10-8-18)27(32-26)22-4-2-3-5-23(22)28(34)35/h6-14,22-23H,2-5,15-16H2,1H3,(H,34,35)/t22-,23?/m0/s1. The van der Waals surface area contributed by atoms with Gasteiger partial charge in [0.2, 0.25) is 0 Å². The van der Waals surface area contributed by atoms with Crippen LogP contribution in [0.4, 0.5) is 0 Å². The summed E-state index contributed by atoms with van der Waals surface area (Å²) in [5, 5.41) is 10.4. The van der Waals surface area contributed by atoms with Crippen molar-refractivity contribution in [2.75, 3.05) is 0 Å². The summed E-state index contributed by atoms with van der Waals surface area (Å²) in [6, 6.07) is 15.8. The molecule has 2 aromatic heterocycles. The lowest BCUT2D eigenvalue weighted by atomic mass is 9.78. The fourth-order valence-electron chi connectivity index (χ4n) is 4.96. The van der Waals surface area contributed by atoms with Crippen LogP contribution in [0.2, 0.25) is 5.02 Å². The van der Waals surface area contributed by atoms with Gasteiger partial charge in [-0.3, -0.25) is 9.78 Å². The number of hydrogen-bond acceptors (Lipinski definition) is 4. The minimum Gasteiger partial charge on any atom is -0.487 e. The first kappa shape index (κ1) is 24.8. The fraction of sp³-hybridized carbons (Fsp3) is 0.321. The van der Waals surface area contributed by atoms with Crippen LogP contribution in [0.3, 0.4) is 0 Å². The summed E-state index contributed by atoms with van der Waals surface area (Å²) in [6.07, 6.45) is 5.18. The van der Waals surface area contributed by atoms with Gasteiger partial charge >= 0.3 is 5.97 Å². The molecule has 0 amide bonds. The number of nitrogens with zero attached hydrogens (tertiary/aromatic N) is 3. The number of ether oxygens (including phenoxy) is 1. The molecule has 8 heteroatoms. The maximum atomic E-state index is 12.1. The van der Waals surface area contributed by atoms with Crippen molar-refractivity contribution in [3.05, 3.63) is 86.9 Å². The summed E-state index contributed by atoms with van der Waals surface area (Å²) in [4.78, 5) is 21.5. The number of aromatic nitrogens is 3. The number of hydrogen-bond donors (Lipinski definition) is 1. The first-order valence-electron chi connectivity index (χ1n) is 12.1. The van der Waals surface area contributed by atoms with Gasteiger partial charge in [-0.15, -0.1) is 0 Å². The molecule has 6 nitrogen and oxygen atoms in total. The van der Waals surface area contributed by atoms with Crippen molar-refractivity contribution in [2.45, 2.75) is 51.7 Å². The first-order valence-corrected chi connectivity index (χ1v) is 13.3. The molecule has 1 aliphatic carbocycles. The number of rotatable bonds is 7. The predicted octanol–water partition coefficient (Wildman–Crippen LogP) is 7.14. The highest BCUT2D eigenvalue weighted by Crippen LogP contribution is 2.40. The molecule has 1 saturated carbocycles. The summed E-state index contributed by atoms with van der Waals surface area (Å²) in [6.45, 7) is 2.87. The summed E-state index contributed by atoms with van der Waals surface area (Å²) < 4.78 is 9.19. The van der Waals surface area contributed by atoms with Crippen molar-refractivity contribution in [3.63, 3.8) is 0 Å². The molecule has 0 aliphatic heterocycles. The van der Waals surface area contributed by atoms with Crippen molar-refractivity contribution in [1.29, 1.82) is 0 Å². The van der Waals surface area contributed by atoms with Crippen molar-refractivity contribution in [3.8, 4) is 5.75 Å². The van der Waals surface area contributed by atoms with E-state index in [1.165, 1.54) is 0 Å². The van der Waals surface area contributed by atoms with Crippen molar-refractivity contribution in [1.82, 2.24) is 14.5 Å². The minimum absolute atomic E-state index is 0.170. The van der Waals surface area contributed by atoms with Gasteiger partial charge in [-0.2, -0.15) is 0 Å². The van der Waals surface area contributed by atoms with E-state index in [1.807, 2.05) is 43.5 Å². The van der Waals surface area contributed by atoms with Crippen molar-refractivity contribution < 1.29 is 14.6 Å². The average molecular weight is 569 g/mol. The Labute approximate surface area is 223 Å². The zero-order valence-corrected chi connectivity index (χ0v) is 22.3. The molecule has 1 unspecified atom stereocenters. The number of carboxylic acids is 1. The van der Waals surface area contributed by atoms with E-state index in [1.54, 1.807) is 6.07 Å². The Morgan fingerprint density at radius 1 is 1.17 bits per heavy atom. The van der Waals surface area contributed by atoms with Crippen LogP contribution in [-0.2, 0) is 17.9 Å². The monoisotopic (exact) mass is 567 g/mol. The van der Waals surface area contributed by atoms with Crippen LogP contribution in [0.15, 0.2) is 59.2 Å². The summed E-state index contributed by atoms with van der Waals surface area (Å²) in [5.74, 6) is 0.0105. The third kappa shape index (κ3) is 5.27. The third-order valence-corrected chi connectivity index (χ3v) is 7.66. The molecule has 2 aromatic carbocycles. The van der Waals surface area contributed by atoms with Crippen LogP contribution in [0.1, 0.15) is 54.2 Å². The Morgan fingerprint density at radius 2 is 1.94 bits per heavy atom. The second kappa shape index (κ2) is 10.6. The number of imidazole rings is 1. The molecule has 186 valence electrons. The van der Waals surface area contributed by atoms with Crippen LogP contribution in [-0.4, -0.2) is 25.6 Å². The van der Waals surface area contributed by atoms with E-state index in [9.17, 15) is 9.90 Å². The van der Waals surface area contributed by atoms with E-state index in [4.69, 9.17) is 21.3 Å². The van der Waals surface area contributed by atoms with Gasteiger partial charge in [0.15, 0.2) is 0 Å². The highest BCUT2D eigenvalue weighted by Gasteiger charge is 2.35. The maximum absolute atomic E-state index is 12.1. The molecular weight excluding hydrogens is 542 g/mol. The minimum atomic E-state index is -0.761. The molecule has 5 rings (SSSR count). The number of fused-ring (bicyclic) bond motifs is 1. The van der Waals surface area contributed by atoms with Crippen molar-refractivity contribution in [2.24, 2.45) is 5.92 Å². The molecular formula is C28H27BrClN3O3. The second-order valence-electron chi connectivity index (χ2n) is 9.41. The summed E-state index contributed by atoms with van der Waals surface area (Å²) in [7, 11) is 0. The number of halogens is 2. The Morgan fingerprint density at radius 3 is 2.67 bits per heavy atom. The lowest BCUT2D eigenvalue weighted by Gasteiger charge is -2.28. The van der Waals surface area contributed by atoms with Crippen LogP contribution in [0.25, 0.3) is 11.0 Å². The van der Waals surface area contributed by atoms with Crippen LogP contribution >= 0.6 is 27.5 Å². The van der Waals surface area contributed by atoms with Gasteiger partial charge in [0, 0.05) is 35.3 Å². The molecule has 0 spiro atoms. The van der Waals surface area contributed by atoms with Gasteiger partial charge < -0.3 is 14.4 Å².